The van der Waals surface area contributed by atoms with Crippen LogP contribution in [0.4, 0.5) is 0 Å². The van der Waals surface area contributed by atoms with Gasteiger partial charge in [0.15, 0.2) is 6.61 Å². The maximum Gasteiger partial charge on any atom is 0.258 e. The van der Waals surface area contributed by atoms with Crippen LogP contribution in [0.3, 0.4) is 0 Å². The van der Waals surface area contributed by atoms with Crippen LogP contribution in [-0.2, 0) is 24.1 Å². The number of carbonyl (C=O) groups is 1. The summed E-state index contributed by atoms with van der Waals surface area (Å²) in [5, 5.41) is 3.14. The summed E-state index contributed by atoms with van der Waals surface area (Å²) in [5.74, 6) is 0.763. The predicted molar refractivity (Wildman–Crippen MR) is 98.8 cm³/mol. The Morgan fingerprint density at radius 2 is 1.76 bits per heavy atom. The van der Waals surface area contributed by atoms with Crippen molar-refractivity contribution in [3.05, 3.63) is 64.7 Å². The van der Waals surface area contributed by atoms with Gasteiger partial charge >= 0.3 is 0 Å². The maximum absolute atomic E-state index is 12.3. The molecule has 2 aromatic rings. The third kappa shape index (κ3) is 3.71. The van der Waals surface area contributed by atoms with E-state index >= 15 is 0 Å². The molecule has 0 bridgehead atoms. The average molecular weight is 335 g/mol. The summed E-state index contributed by atoms with van der Waals surface area (Å²) in [5.41, 5.74) is 5.43. The molecule has 3 heteroatoms. The molecule has 3 nitrogen and oxygen atoms in total. The van der Waals surface area contributed by atoms with Gasteiger partial charge in [0.1, 0.15) is 5.75 Å². The van der Waals surface area contributed by atoms with E-state index in [-0.39, 0.29) is 18.6 Å². The highest BCUT2D eigenvalue weighted by molar-refractivity contribution is 5.78. The summed E-state index contributed by atoms with van der Waals surface area (Å²) in [7, 11) is 0. The number of carbonyl (C=O) groups excluding carboxylic acids is 1. The SMILES string of the molecule is O=C(COc1ccc2c(c1)CCCC2)NC1CCCc2ccccc21. The van der Waals surface area contributed by atoms with Crippen molar-refractivity contribution in [2.75, 3.05) is 6.61 Å². The molecule has 0 aliphatic heterocycles. The number of fused-ring (bicyclic) bond motifs is 2. The Morgan fingerprint density at radius 1 is 0.960 bits per heavy atom. The molecule has 0 saturated carbocycles. The Balaban J connectivity index is 1.36. The molecule has 1 N–H and O–H groups in total. The van der Waals surface area contributed by atoms with Crippen LogP contribution in [0, 0.1) is 0 Å². The van der Waals surface area contributed by atoms with Crippen molar-refractivity contribution in [2.24, 2.45) is 0 Å². The number of hydrogen-bond acceptors (Lipinski definition) is 2. The predicted octanol–water partition coefficient (Wildman–Crippen LogP) is 4.14. The lowest BCUT2D eigenvalue weighted by Crippen LogP contribution is -2.34. The van der Waals surface area contributed by atoms with E-state index in [1.807, 2.05) is 12.1 Å². The van der Waals surface area contributed by atoms with E-state index in [4.69, 9.17) is 4.74 Å². The van der Waals surface area contributed by atoms with E-state index in [0.29, 0.717) is 0 Å². The minimum atomic E-state index is -0.0422. The molecule has 1 atom stereocenters. The topological polar surface area (TPSA) is 38.3 Å². The molecule has 0 spiro atoms. The molecule has 0 saturated heterocycles. The summed E-state index contributed by atoms with van der Waals surface area (Å²) >= 11 is 0. The van der Waals surface area contributed by atoms with Crippen LogP contribution in [0.15, 0.2) is 42.5 Å². The quantitative estimate of drug-likeness (QED) is 0.912. The van der Waals surface area contributed by atoms with E-state index in [1.165, 1.54) is 35.1 Å². The molecule has 130 valence electrons. The third-order valence-corrected chi connectivity index (χ3v) is 5.39. The van der Waals surface area contributed by atoms with Crippen molar-refractivity contribution in [1.82, 2.24) is 5.32 Å². The van der Waals surface area contributed by atoms with Crippen molar-refractivity contribution in [3.63, 3.8) is 0 Å². The van der Waals surface area contributed by atoms with Crippen LogP contribution >= 0.6 is 0 Å². The Hall–Kier alpha value is -2.29. The zero-order valence-corrected chi connectivity index (χ0v) is 14.6. The van der Waals surface area contributed by atoms with Crippen LogP contribution in [0.5, 0.6) is 5.75 Å². The molecule has 4 rings (SSSR count). The van der Waals surface area contributed by atoms with Gasteiger partial charge in [0.05, 0.1) is 6.04 Å². The Labute approximate surface area is 149 Å². The van der Waals surface area contributed by atoms with Crippen molar-refractivity contribution >= 4 is 5.91 Å². The lowest BCUT2D eigenvalue weighted by molar-refractivity contribution is -0.123. The minimum absolute atomic E-state index is 0.0422. The van der Waals surface area contributed by atoms with Crippen molar-refractivity contribution < 1.29 is 9.53 Å². The number of aryl methyl sites for hydroxylation is 3. The molecule has 0 radical (unpaired) electrons. The number of hydrogen-bond donors (Lipinski definition) is 1. The first-order valence-corrected chi connectivity index (χ1v) is 9.41. The smallest absolute Gasteiger partial charge is 0.258 e. The molecule has 1 amide bonds. The van der Waals surface area contributed by atoms with Gasteiger partial charge in [0.25, 0.3) is 5.91 Å². The molecule has 2 aromatic carbocycles. The van der Waals surface area contributed by atoms with Crippen LogP contribution in [0.2, 0.25) is 0 Å². The number of nitrogens with one attached hydrogen (secondary N) is 1. The molecule has 0 heterocycles. The molecule has 0 fully saturated rings. The second-order valence-electron chi connectivity index (χ2n) is 7.14. The third-order valence-electron chi connectivity index (χ3n) is 5.39. The van der Waals surface area contributed by atoms with Gasteiger partial charge in [0, 0.05) is 0 Å². The highest BCUT2D eigenvalue weighted by atomic mass is 16.5. The fourth-order valence-corrected chi connectivity index (χ4v) is 4.09. The fourth-order valence-electron chi connectivity index (χ4n) is 4.09. The molecular formula is C22H25NO2. The number of benzene rings is 2. The van der Waals surface area contributed by atoms with Gasteiger partial charge in [-0.05, 0) is 79.3 Å². The van der Waals surface area contributed by atoms with Gasteiger partial charge in [-0.1, -0.05) is 30.3 Å². The van der Waals surface area contributed by atoms with Crippen molar-refractivity contribution in [2.45, 2.75) is 51.0 Å². The van der Waals surface area contributed by atoms with E-state index in [0.717, 1.165) is 37.9 Å². The van der Waals surface area contributed by atoms with E-state index in [2.05, 4.69) is 35.6 Å². The van der Waals surface area contributed by atoms with Gasteiger partial charge < -0.3 is 10.1 Å². The molecule has 2 aliphatic rings. The minimum Gasteiger partial charge on any atom is -0.484 e. The van der Waals surface area contributed by atoms with Gasteiger partial charge in [0.2, 0.25) is 0 Å². The van der Waals surface area contributed by atoms with Crippen molar-refractivity contribution in [1.29, 1.82) is 0 Å². The average Bonchev–Trinajstić information content (AvgIpc) is 2.66. The Morgan fingerprint density at radius 3 is 2.68 bits per heavy atom. The number of rotatable bonds is 4. The number of amides is 1. The molecule has 0 aromatic heterocycles. The zero-order valence-electron chi connectivity index (χ0n) is 14.6. The van der Waals surface area contributed by atoms with Gasteiger partial charge in [-0.25, -0.2) is 0 Å². The van der Waals surface area contributed by atoms with E-state index < -0.39 is 0 Å². The van der Waals surface area contributed by atoms with Gasteiger partial charge in [-0.2, -0.15) is 0 Å². The van der Waals surface area contributed by atoms with Gasteiger partial charge in [-0.3, -0.25) is 4.79 Å². The van der Waals surface area contributed by atoms with E-state index in [1.54, 1.807) is 0 Å². The monoisotopic (exact) mass is 335 g/mol. The lowest BCUT2D eigenvalue weighted by Gasteiger charge is -2.26. The standard InChI is InChI=1S/C22H25NO2/c24-22(23-21-11-5-9-17-7-3-4-10-20(17)21)15-25-19-13-12-16-6-1-2-8-18(16)14-19/h3-4,7,10,12-14,21H,1-2,5-6,8-9,11,15H2,(H,23,24). The maximum atomic E-state index is 12.3. The summed E-state index contributed by atoms with van der Waals surface area (Å²) in [6.45, 7) is 0.0808. The number of ether oxygens (including phenoxy) is 1. The zero-order chi connectivity index (χ0) is 17.1. The fraction of sp³-hybridized carbons (Fsp3) is 0.409. The summed E-state index contributed by atoms with van der Waals surface area (Å²) in [4.78, 5) is 12.3. The largest absolute Gasteiger partial charge is 0.484 e. The van der Waals surface area contributed by atoms with Crippen molar-refractivity contribution in [3.8, 4) is 5.75 Å². The lowest BCUT2D eigenvalue weighted by atomic mass is 9.88. The summed E-state index contributed by atoms with van der Waals surface area (Å²) in [6, 6.07) is 14.8. The summed E-state index contributed by atoms with van der Waals surface area (Å²) in [6.07, 6.45) is 8.04. The Kier molecular flexibility index (Phi) is 4.73. The Bertz CT molecular complexity index is 768. The van der Waals surface area contributed by atoms with Crippen LogP contribution in [-0.4, -0.2) is 12.5 Å². The molecule has 25 heavy (non-hydrogen) atoms. The second-order valence-corrected chi connectivity index (χ2v) is 7.14. The van der Waals surface area contributed by atoms with Crippen LogP contribution < -0.4 is 10.1 Å². The molecule has 1 unspecified atom stereocenters. The van der Waals surface area contributed by atoms with Gasteiger partial charge in [-0.15, -0.1) is 0 Å². The summed E-state index contributed by atoms with van der Waals surface area (Å²) < 4.78 is 5.75. The second kappa shape index (κ2) is 7.30. The normalized spacial score (nSPS) is 18.8. The molecular weight excluding hydrogens is 310 g/mol. The molecule has 2 aliphatic carbocycles. The first-order valence-electron chi connectivity index (χ1n) is 9.41. The van der Waals surface area contributed by atoms with E-state index in [9.17, 15) is 4.79 Å². The van der Waals surface area contributed by atoms with Crippen LogP contribution in [0.1, 0.15) is 54.0 Å². The van der Waals surface area contributed by atoms with Crippen LogP contribution in [0.25, 0.3) is 0 Å². The first-order chi connectivity index (χ1) is 12.3. The highest BCUT2D eigenvalue weighted by Crippen LogP contribution is 2.29. The highest BCUT2D eigenvalue weighted by Gasteiger charge is 2.21. The first kappa shape index (κ1) is 16.2.